The molecule has 72 valence electrons. The SMILES string of the molecule is CCNc1nccc2c(N)cccc12. The number of aromatic nitrogens is 1. The van der Waals surface area contributed by atoms with E-state index in [0.29, 0.717) is 0 Å². The average Bonchev–Trinajstić information content (AvgIpc) is 2.20. The summed E-state index contributed by atoms with van der Waals surface area (Å²) >= 11 is 0. The van der Waals surface area contributed by atoms with E-state index in [1.807, 2.05) is 31.2 Å². The molecule has 1 aromatic heterocycles. The third kappa shape index (κ3) is 1.37. The first-order chi connectivity index (χ1) is 6.83. The molecule has 2 rings (SSSR count). The summed E-state index contributed by atoms with van der Waals surface area (Å²) in [5.74, 6) is 0.900. The van der Waals surface area contributed by atoms with E-state index in [1.54, 1.807) is 6.20 Å². The molecular weight excluding hydrogens is 174 g/mol. The van der Waals surface area contributed by atoms with Gasteiger partial charge >= 0.3 is 0 Å². The molecule has 0 saturated carbocycles. The van der Waals surface area contributed by atoms with E-state index in [0.717, 1.165) is 28.8 Å². The van der Waals surface area contributed by atoms with Crippen molar-refractivity contribution in [2.45, 2.75) is 6.92 Å². The molecule has 3 heteroatoms. The second kappa shape index (κ2) is 3.54. The van der Waals surface area contributed by atoms with Crippen molar-refractivity contribution < 1.29 is 0 Å². The molecule has 0 unspecified atom stereocenters. The second-order valence-electron chi connectivity index (χ2n) is 3.13. The third-order valence-electron chi connectivity index (χ3n) is 2.18. The predicted octanol–water partition coefficient (Wildman–Crippen LogP) is 2.25. The van der Waals surface area contributed by atoms with Gasteiger partial charge in [-0.3, -0.25) is 0 Å². The minimum absolute atomic E-state index is 0.795. The van der Waals surface area contributed by atoms with Gasteiger partial charge in [0.25, 0.3) is 0 Å². The maximum absolute atomic E-state index is 5.87. The van der Waals surface area contributed by atoms with Crippen LogP contribution in [-0.2, 0) is 0 Å². The van der Waals surface area contributed by atoms with E-state index in [1.165, 1.54) is 0 Å². The van der Waals surface area contributed by atoms with Gasteiger partial charge in [0.1, 0.15) is 5.82 Å². The Labute approximate surface area is 83.0 Å². The van der Waals surface area contributed by atoms with E-state index in [2.05, 4.69) is 10.3 Å². The van der Waals surface area contributed by atoms with Gasteiger partial charge in [0, 0.05) is 29.2 Å². The van der Waals surface area contributed by atoms with Crippen molar-refractivity contribution >= 4 is 22.3 Å². The number of hydrogen-bond donors (Lipinski definition) is 2. The number of hydrogen-bond acceptors (Lipinski definition) is 3. The first kappa shape index (κ1) is 8.81. The molecule has 0 atom stereocenters. The second-order valence-corrected chi connectivity index (χ2v) is 3.13. The van der Waals surface area contributed by atoms with Crippen molar-refractivity contribution in [2.24, 2.45) is 0 Å². The molecular formula is C11H13N3. The Hall–Kier alpha value is -1.77. The summed E-state index contributed by atoms with van der Waals surface area (Å²) in [4.78, 5) is 4.27. The lowest BCUT2D eigenvalue weighted by molar-refractivity contribution is 1.17. The first-order valence-electron chi connectivity index (χ1n) is 4.70. The van der Waals surface area contributed by atoms with Gasteiger partial charge in [-0.15, -0.1) is 0 Å². The highest BCUT2D eigenvalue weighted by atomic mass is 15.0. The van der Waals surface area contributed by atoms with E-state index in [4.69, 9.17) is 5.73 Å². The number of nitrogen functional groups attached to an aromatic ring is 1. The summed E-state index contributed by atoms with van der Waals surface area (Å²) in [5.41, 5.74) is 6.66. The number of nitrogens with zero attached hydrogens (tertiary/aromatic N) is 1. The zero-order valence-electron chi connectivity index (χ0n) is 8.12. The Kier molecular flexibility index (Phi) is 2.23. The maximum atomic E-state index is 5.87. The minimum Gasteiger partial charge on any atom is -0.398 e. The number of pyridine rings is 1. The smallest absolute Gasteiger partial charge is 0.133 e. The van der Waals surface area contributed by atoms with Gasteiger partial charge < -0.3 is 11.1 Å². The van der Waals surface area contributed by atoms with Crippen molar-refractivity contribution in [1.82, 2.24) is 4.98 Å². The standard InChI is InChI=1S/C11H13N3/c1-2-13-11-9-4-3-5-10(12)8(9)6-7-14-11/h3-7H,2,12H2,1H3,(H,13,14). The highest BCUT2D eigenvalue weighted by Gasteiger charge is 2.02. The van der Waals surface area contributed by atoms with Crippen molar-refractivity contribution in [1.29, 1.82) is 0 Å². The van der Waals surface area contributed by atoms with E-state index in [-0.39, 0.29) is 0 Å². The topological polar surface area (TPSA) is 50.9 Å². The lowest BCUT2D eigenvalue weighted by Crippen LogP contribution is -2.00. The van der Waals surface area contributed by atoms with Crippen LogP contribution in [0.1, 0.15) is 6.92 Å². The van der Waals surface area contributed by atoms with Crippen molar-refractivity contribution in [2.75, 3.05) is 17.6 Å². The molecule has 14 heavy (non-hydrogen) atoms. The molecule has 0 aliphatic carbocycles. The fourth-order valence-corrected chi connectivity index (χ4v) is 1.54. The molecule has 3 N–H and O–H groups in total. The molecule has 0 amide bonds. The summed E-state index contributed by atoms with van der Waals surface area (Å²) in [6.45, 7) is 2.91. The van der Waals surface area contributed by atoms with Crippen LogP contribution in [-0.4, -0.2) is 11.5 Å². The van der Waals surface area contributed by atoms with Gasteiger partial charge in [0.05, 0.1) is 0 Å². The summed E-state index contributed by atoms with van der Waals surface area (Å²) in [5, 5.41) is 5.34. The Bertz CT molecular complexity index is 451. The fourth-order valence-electron chi connectivity index (χ4n) is 1.54. The Balaban J connectivity index is 2.68. The number of rotatable bonds is 2. The summed E-state index contributed by atoms with van der Waals surface area (Å²) in [6, 6.07) is 7.81. The minimum atomic E-state index is 0.795. The van der Waals surface area contributed by atoms with Gasteiger partial charge in [0.2, 0.25) is 0 Å². The van der Waals surface area contributed by atoms with Crippen molar-refractivity contribution in [3.8, 4) is 0 Å². The summed E-state index contributed by atoms with van der Waals surface area (Å²) in [7, 11) is 0. The fraction of sp³-hybridized carbons (Fsp3) is 0.182. The number of benzene rings is 1. The van der Waals surface area contributed by atoms with Crippen LogP contribution in [0.4, 0.5) is 11.5 Å². The van der Waals surface area contributed by atoms with E-state index >= 15 is 0 Å². The quantitative estimate of drug-likeness (QED) is 0.709. The van der Waals surface area contributed by atoms with E-state index < -0.39 is 0 Å². The highest BCUT2D eigenvalue weighted by Crippen LogP contribution is 2.25. The molecule has 0 radical (unpaired) electrons. The zero-order chi connectivity index (χ0) is 9.97. The average molecular weight is 187 g/mol. The zero-order valence-corrected chi connectivity index (χ0v) is 8.12. The number of nitrogens with two attached hydrogens (primary N) is 1. The molecule has 0 fully saturated rings. The van der Waals surface area contributed by atoms with Crippen LogP contribution >= 0.6 is 0 Å². The van der Waals surface area contributed by atoms with Gasteiger partial charge in [-0.05, 0) is 19.1 Å². The van der Waals surface area contributed by atoms with Crippen molar-refractivity contribution in [3.63, 3.8) is 0 Å². The van der Waals surface area contributed by atoms with Crippen LogP contribution in [0.15, 0.2) is 30.5 Å². The largest absolute Gasteiger partial charge is 0.398 e. The van der Waals surface area contributed by atoms with Gasteiger partial charge in [-0.25, -0.2) is 4.98 Å². The summed E-state index contributed by atoms with van der Waals surface area (Å²) in [6.07, 6.45) is 1.77. The van der Waals surface area contributed by atoms with E-state index in [9.17, 15) is 0 Å². The van der Waals surface area contributed by atoms with Gasteiger partial charge in [0.15, 0.2) is 0 Å². The highest BCUT2D eigenvalue weighted by molar-refractivity contribution is 5.99. The Morgan fingerprint density at radius 2 is 2.14 bits per heavy atom. The first-order valence-corrected chi connectivity index (χ1v) is 4.70. The molecule has 0 spiro atoms. The molecule has 0 saturated heterocycles. The van der Waals surface area contributed by atoms with Crippen LogP contribution in [0, 0.1) is 0 Å². The van der Waals surface area contributed by atoms with Crippen LogP contribution < -0.4 is 11.1 Å². The molecule has 3 nitrogen and oxygen atoms in total. The van der Waals surface area contributed by atoms with Crippen LogP contribution in [0.25, 0.3) is 10.8 Å². The number of nitrogens with one attached hydrogen (secondary N) is 1. The molecule has 0 aliphatic rings. The Morgan fingerprint density at radius 1 is 1.29 bits per heavy atom. The van der Waals surface area contributed by atoms with Crippen LogP contribution in [0.3, 0.4) is 0 Å². The number of anilines is 2. The predicted molar refractivity (Wildman–Crippen MR) is 60.3 cm³/mol. The maximum Gasteiger partial charge on any atom is 0.133 e. The summed E-state index contributed by atoms with van der Waals surface area (Å²) < 4.78 is 0. The molecule has 1 heterocycles. The van der Waals surface area contributed by atoms with Gasteiger partial charge in [-0.2, -0.15) is 0 Å². The normalized spacial score (nSPS) is 10.4. The van der Waals surface area contributed by atoms with Crippen LogP contribution in [0.2, 0.25) is 0 Å². The Morgan fingerprint density at radius 3 is 2.93 bits per heavy atom. The lowest BCUT2D eigenvalue weighted by atomic mass is 10.1. The number of fused-ring (bicyclic) bond motifs is 1. The lowest BCUT2D eigenvalue weighted by Gasteiger charge is -2.07. The van der Waals surface area contributed by atoms with Gasteiger partial charge in [-0.1, -0.05) is 12.1 Å². The molecule has 0 aliphatic heterocycles. The third-order valence-corrected chi connectivity index (χ3v) is 2.18. The monoisotopic (exact) mass is 187 g/mol. The molecule has 1 aromatic carbocycles. The van der Waals surface area contributed by atoms with Crippen molar-refractivity contribution in [3.05, 3.63) is 30.5 Å². The molecule has 2 aromatic rings. The van der Waals surface area contributed by atoms with Crippen LogP contribution in [0.5, 0.6) is 0 Å². The molecule has 0 bridgehead atoms.